The van der Waals surface area contributed by atoms with Crippen LogP contribution in [0, 0.1) is 5.92 Å². The molecule has 1 aliphatic rings. The molecule has 0 unspecified atom stereocenters. The van der Waals surface area contributed by atoms with E-state index in [2.05, 4.69) is 21.8 Å². The first kappa shape index (κ1) is 13.9. The van der Waals surface area contributed by atoms with Crippen molar-refractivity contribution in [1.82, 2.24) is 9.97 Å². The second-order valence-corrected chi connectivity index (χ2v) is 5.66. The molecule has 0 amide bonds. The van der Waals surface area contributed by atoms with Crippen LogP contribution < -0.4 is 9.64 Å². The van der Waals surface area contributed by atoms with Gasteiger partial charge in [-0.05, 0) is 24.3 Å². The summed E-state index contributed by atoms with van der Waals surface area (Å²) in [4.78, 5) is 11.1. The van der Waals surface area contributed by atoms with Gasteiger partial charge in [0.05, 0.1) is 12.4 Å². The number of benzene rings is 1. The molecule has 0 atom stereocenters. The zero-order valence-electron chi connectivity index (χ0n) is 12.4. The Hall–Kier alpha value is -2.10. The molecule has 0 aliphatic carbocycles. The van der Waals surface area contributed by atoms with Crippen molar-refractivity contribution in [2.75, 3.05) is 18.0 Å². The lowest BCUT2D eigenvalue weighted by atomic mass is 10.00. The van der Waals surface area contributed by atoms with Crippen LogP contribution in [0.2, 0.25) is 0 Å². The van der Waals surface area contributed by atoms with Crippen molar-refractivity contribution in [3.63, 3.8) is 0 Å². The average Bonchev–Trinajstić information content (AvgIpc) is 2.55. The summed E-state index contributed by atoms with van der Waals surface area (Å²) in [6.45, 7) is 4.94. The van der Waals surface area contributed by atoms with Gasteiger partial charge in [-0.25, -0.2) is 9.97 Å². The Kier molecular flexibility index (Phi) is 4.34. The minimum atomic E-state index is 0.546. The molecule has 110 valence electrons. The number of ether oxygens (including phenoxy) is 1. The Morgan fingerprint density at radius 1 is 1.10 bits per heavy atom. The van der Waals surface area contributed by atoms with Crippen molar-refractivity contribution < 1.29 is 4.74 Å². The molecule has 0 radical (unpaired) electrons. The predicted molar refractivity (Wildman–Crippen MR) is 83.4 cm³/mol. The lowest BCUT2D eigenvalue weighted by Crippen LogP contribution is -2.33. The molecule has 1 aromatic carbocycles. The normalized spacial score (nSPS) is 16.0. The first-order valence-electron chi connectivity index (χ1n) is 7.55. The van der Waals surface area contributed by atoms with Gasteiger partial charge in [0, 0.05) is 13.1 Å². The predicted octanol–water partition coefficient (Wildman–Crippen LogP) is 3.29. The zero-order valence-corrected chi connectivity index (χ0v) is 12.4. The highest BCUT2D eigenvalue weighted by Crippen LogP contribution is 2.20. The summed E-state index contributed by atoms with van der Waals surface area (Å²) in [5.74, 6) is 2.34. The van der Waals surface area contributed by atoms with Crippen molar-refractivity contribution in [2.45, 2.75) is 26.4 Å². The second-order valence-electron chi connectivity index (χ2n) is 5.66. The topological polar surface area (TPSA) is 38.2 Å². The molecule has 4 heteroatoms. The van der Waals surface area contributed by atoms with Crippen molar-refractivity contribution in [3.8, 4) is 5.75 Å². The molecule has 2 heterocycles. The van der Waals surface area contributed by atoms with Gasteiger partial charge in [0.1, 0.15) is 6.61 Å². The van der Waals surface area contributed by atoms with Crippen molar-refractivity contribution in [3.05, 3.63) is 48.3 Å². The SMILES string of the molecule is CC1CCN(c2ncc(OCc3ccccc3)cn2)CC1. The minimum Gasteiger partial charge on any atom is -0.486 e. The van der Waals surface area contributed by atoms with Crippen molar-refractivity contribution in [1.29, 1.82) is 0 Å². The summed E-state index contributed by atoms with van der Waals surface area (Å²) >= 11 is 0. The van der Waals surface area contributed by atoms with Crippen LogP contribution in [0.25, 0.3) is 0 Å². The summed E-state index contributed by atoms with van der Waals surface area (Å²) in [5, 5.41) is 0. The van der Waals surface area contributed by atoms with E-state index in [1.54, 1.807) is 12.4 Å². The quantitative estimate of drug-likeness (QED) is 0.863. The van der Waals surface area contributed by atoms with Crippen molar-refractivity contribution >= 4 is 5.95 Å². The van der Waals surface area contributed by atoms with Crippen LogP contribution in [0.4, 0.5) is 5.95 Å². The van der Waals surface area contributed by atoms with E-state index in [4.69, 9.17) is 4.74 Å². The molecular formula is C17H21N3O. The van der Waals surface area contributed by atoms with Gasteiger partial charge in [-0.15, -0.1) is 0 Å². The van der Waals surface area contributed by atoms with E-state index in [0.717, 1.165) is 30.5 Å². The van der Waals surface area contributed by atoms with Crippen molar-refractivity contribution in [2.24, 2.45) is 5.92 Å². The Balaban J connectivity index is 1.57. The van der Waals surface area contributed by atoms with Crippen LogP contribution in [0.5, 0.6) is 5.75 Å². The molecule has 21 heavy (non-hydrogen) atoms. The Morgan fingerprint density at radius 2 is 1.76 bits per heavy atom. The summed E-state index contributed by atoms with van der Waals surface area (Å²) in [6.07, 6.45) is 5.97. The molecule has 1 aromatic heterocycles. The first-order chi connectivity index (χ1) is 10.3. The van der Waals surface area contributed by atoms with Gasteiger partial charge < -0.3 is 9.64 Å². The lowest BCUT2D eigenvalue weighted by molar-refractivity contribution is 0.303. The van der Waals surface area contributed by atoms with E-state index in [1.807, 2.05) is 30.3 Å². The first-order valence-corrected chi connectivity index (χ1v) is 7.55. The maximum atomic E-state index is 5.71. The van der Waals surface area contributed by atoms with Crippen LogP contribution in [0.3, 0.4) is 0 Å². The molecule has 0 N–H and O–H groups in total. The molecule has 4 nitrogen and oxygen atoms in total. The summed E-state index contributed by atoms with van der Waals surface area (Å²) < 4.78 is 5.71. The molecule has 2 aromatic rings. The maximum Gasteiger partial charge on any atom is 0.225 e. The molecule has 3 rings (SSSR count). The zero-order chi connectivity index (χ0) is 14.5. The molecule has 0 saturated carbocycles. The van der Waals surface area contributed by atoms with E-state index in [-0.39, 0.29) is 0 Å². The number of piperidine rings is 1. The largest absolute Gasteiger partial charge is 0.486 e. The van der Waals surface area contributed by atoms with Gasteiger partial charge in [0.2, 0.25) is 5.95 Å². The fourth-order valence-electron chi connectivity index (χ4n) is 2.50. The number of hydrogen-bond acceptors (Lipinski definition) is 4. The number of anilines is 1. The van der Waals surface area contributed by atoms with Gasteiger partial charge in [-0.2, -0.15) is 0 Å². The van der Waals surface area contributed by atoms with E-state index < -0.39 is 0 Å². The third-order valence-corrected chi connectivity index (χ3v) is 3.93. The second kappa shape index (κ2) is 6.57. The van der Waals surface area contributed by atoms with Gasteiger partial charge >= 0.3 is 0 Å². The fraction of sp³-hybridized carbons (Fsp3) is 0.412. The monoisotopic (exact) mass is 283 g/mol. The molecule has 0 spiro atoms. The number of hydrogen-bond donors (Lipinski definition) is 0. The lowest BCUT2D eigenvalue weighted by Gasteiger charge is -2.30. The van der Waals surface area contributed by atoms with Gasteiger partial charge in [0.25, 0.3) is 0 Å². The van der Waals surface area contributed by atoms with Crippen LogP contribution in [0.1, 0.15) is 25.3 Å². The maximum absolute atomic E-state index is 5.71. The molecule has 0 bridgehead atoms. The molecule has 1 fully saturated rings. The number of nitrogens with zero attached hydrogens (tertiary/aromatic N) is 3. The Morgan fingerprint density at radius 3 is 2.43 bits per heavy atom. The minimum absolute atomic E-state index is 0.546. The smallest absolute Gasteiger partial charge is 0.225 e. The standard InChI is InChI=1S/C17H21N3O/c1-14-7-9-20(10-8-14)17-18-11-16(12-19-17)21-13-15-5-3-2-4-6-15/h2-6,11-12,14H,7-10,13H2,1H3. The number of aromatic nitrogens is 2. The van der Waals surface area contributed by atoms with Gasteiger partial charge in [-0.3, -0.25) is 0 Å². The summed E-state index contributed by atoms with van der Waals surface area (Å²) in [5.41, 5.74) is 1.14. The van der Waals surface area contributed by atoms with Gasteiger partial charge in [0.15, 0.2) is 5.75 Å². The van der Waals surface area contributed by atoms with Crippen LogP contribution >= 0.6 is 0 Å². The molecule has 1 saturated heterocycles. The van der Waals surface area contributed by atoms with E-state index in [0.29, 0.717) is 12.4 Å². The third-order valence-electron chi connectivity index (χ3n) is 3.93. The van der Waals surface area contributed by atoms with E-state index in [9.17, 15) is 0 Å². The molecule has 1 aliphatic heterocycles. The highest BCUT2D eigenvalue weighted by Gasteiger charge is 2.17. The summed E-state index contributed by atoms with van der Waals surface area (Å²) in [6, 6.07) is 10.1. The van der Waals surface area contributed by atoms with Crippen LogP contribution in [-0.2, 0) is 6.61 Å². The van der Waals surface area contributed by atoms with Crippen LogP contribution in [-0.4, -0.2) is 23.1 Å². The summed E-state index contributed by atoms with van der Waals surface area (Å²) in [7, 11) is 0. The van der Waals surface area contributed by atoms with Gasteiger partial charge in [-0.1, -0.05) is 37.3 Å². The van der Waals surface area contributed by atoms with Crippen LogP contribution in [0.15, 0.2) is 42.7 Å². The Bertz CT molecular complexity index is 548. The Labute approximate surface area is 125 Å². The average molecular weight is 283 g/mol. The van der Waals surface area contributed by atoms with E-state index in [1.165, 1.54) is 12.8 Å². The number of rotatable bonds is 4. The third kappa shape index (κ3) is 3.72. The highest BCUT2D eigenvalue weighted by atomic mass is 16.5. The van der Waals surface area contributed by atoms with E-state index >= 15 is 0 Å². The fourth-order valence-corrected chi connectivity index (χ4v) is 2.50. The molecular weight excluding hydrogens is 262 g/mol. The highest BCUT2D eigenvalue weighted by molar-refractivity contribution is 5.32.